The number of hydrogen-bond acceptors (Lipinski definition) is 6. The number of nitrogens with one attached hydrogen (secondary N) is 2. The second kappa shape index (κ2) is 7.52. The van der Waals surface area contributed by atoms with Crippen LogP contribution in [0.3, 0.4) is 0 Å². The number of rotatable bonds is 6. The Morgan fingerprint density at radius 2 is 2.00 bits per heavy atom. The van der Waals surface area contributed by atoms with Crippen molar-refractivity contribution in [2.75, 3.05) is 18.4 Å². The Balaban J connectivity index is 1.70. The zero-order chi connectivity index (χ0) is 18.8. The van der Waals surface area contributed by atoms with Gasteiger partial charge in [0.25, 0.3) is 0 Å². The lowest BCUT2D eigenvalue weighted by molar-refractivity contribution is 0.204. The molecule has 7 heteroatoms. The summed E-state index contributed by atoms with van der Waals surface area (Å²) in [4.78, 5) is 9.29. The lowest BCUT2D eigenvalue weighted by Crippen LogP contribution is -2.22. The van der Waals surface area contributed by atoms with Crippen LogP contribution in [-0.2, 0) is 0 Å². The average molecular weight is 366 g/mol. The molecule has 1 aliphatic rings. The summed E-state index contributed by atoms with van der Waals surface area (Å²) in [5.41, 5.74) is 3.06. The highest BCUT2D eigenvalue weighted by molar-refractivity contribution is 5.53. The van der Waals surface area contributed by atoms with Crippen molar-refractivity contribution < 1.29 is 4.74 Å². The fourth-order valence-electron chi connectivity index (χ4n) is 3.33. The fraction of sp³-hybridized carbons (Fsp3) is 0.450. The first-order chi connectivity index (χ1) is 13.1. The Morgan fingerprint density at radius 1 is 1.19 bits per heavy atom. The summed E-state index contributed by atoms with van der Waals surface area (Å²) in [6, 6.07) is 10.8. The van der Waals surface area contributed by atoms with E-state index >= 15 is 0 Å². The van der Waals surface area contributed by atoms with Gasteiger partial charge in [0.15, 0.2) is 5.65 Å². The Kier molecular flexibility index (Phi) is 4.94. The van der Waals surface area contributed by atoms with Gasteiger partial charge in [0.1, 0.15) is 6.10 Å². The number of fused-ring (bicyclic) bond motifs is 1. The molecule has 1 fully saturated rings. The molecular formula is C20H26N6O. The van der Waals surface area contributed by atoms with E-state index in [4.69, 9.17) is 4.74 Å². The van der Waals surface area contributed by atoms with E-state index in [1.807, 2.05) is 24.4 Å². The fourth-order valence-corrected chi connectivity index (χ4v) is 3.33. The summed E-state index contributed by atoms with van der Waals surface area (Å²) in [6.45, 7) is 8.18. The molecule has 1 saturated heterocycles. The van der Waals surface area contributed by atoms with E-state index < -0.39 is 0 Å². The van der Waals surface area contributed by atoms with Crippen LogP contribution in [0.15, 0.2) is 36.5 Å². The van der Waals surface area contributed by atoms with Crippen molar-refractivity contribution in [1.82, 2.24) is 24.9 Å². The molecule has 0 unspecified atom stereocenters. The van der Waals surface area contributed by atoms with Crippen LogP contribution in [0.5, 0.6) is 6.01 Å². The number of aromatic nitrogens is 4. The van der Waals surface area contributed by atoms with Crippen molar-refractivity contribution in [3.63, 3.8) is 0 Å². The van der Waals surface area contributed by atoms with Crippen molar-refractivity contribution >= 4 is 11.6 Å². The van der Waals surface area contributed by atoms with Gasteiger partial charge in [-0.15, -0.1) is 0 Å². The summed E-state index contributed by atoms with van der Waals surface area (Å²) < 4.78 is 7.82. The highest BCUT2D eigenvalue weighted by Crippen LogP contribution is 2.25. The van der Waals surface area contributed by atoms with Gasteiger partial charge in [0, 0.05) is 12.1 Å². The predicted octanol–water partition coefficient (Wildman–Crippen LogP) is 3.16. The van der Waals surface area contributed by atoms with Crippen molar-refractivity contribution in [3.8, 4) is 6.01 Å². The second-order valence-electron chi connectivity index (χ2n) is 7.33. The molecule has 0 spiro atoms. The molecule has 27 heavy (non-hydrogen) atoms. The predicted molar refractivity (Wildman–Crippen MR) is 105 cm³/mol. The third kappa shape index (κ3) is 3.73. The van der Waals surface area contributed by atoms with Gasteiger partial charge in [0.05, 0.1) is 12.2 Å². The van der Waals surface area contributed by atoms with Crippen molar-refractivity contribution in [2.24, 2.45) is 0 Å². The largest absolute Gasteiger partial charge is 0.459 e. The smallest absolute Gasteiger partial charge is 0.322 e. The minimum Gasteiger partial charge on any atom is -0.459 e. The third-order valence-electron chi connectivity index (χ3n) is 4.93. The first kappa shape index (κ1) is 17.7. The van der Waals surface area contributed by atoms with E-state index in [0.29, 0.717) is 17.9 Å². The zero-order valence-electron chi connectivity index (χ0n) is 16.0. The average Bonchev–Trinajstić information content (AvgIpc) is 3.32. The van der Waals surface area contributed by atoms with Gasteiger partial charge in [-0.2, -0.15) is 19.6 Å². The quantitative estimate of drug-likeness (QED) is 0.698. The van der Waals surface area contributed by atoms with Gasteiger partial charge < -0.3 is 15.4 Å². The van der Waals surface area contributed by atoms with Crippen LogP contribution in [0.2, 0.25) is 0 Å². The monoisotopic (exact) mass is 366 g/mol. The molecule has 0 aliphatic carbocycles. The molecule has 4 rings (SSSR count). The van der Waals surface area contributed by atoms with E-state index in [-0.39, 0.29) is 12.1 Å². The normalized spacial score (nSPS) is 18.1. The molecule has 142 valence electrons. The van der Waals surface area contributed by atoms with Crippen LogP contribution in [0.4, 0.5) is 5.95 Å². The van der Waals surface area contributed by atoms with Gasteiger partial charge in [-0.25, -0.2) is 0 Å². The SMILES string of the molecule is CC(C)c1cnn2c(N[C@@H](C)c3ccccc3)nc(O[C@@H]3CCNC3)nc12. The molecule has 2 atom stereocenters. The summed E-state index contributed by atoms with van der Waals surface area (Å²) in [6.07, 6.45) is 2.94. The van der Waals surface area contributed by atoms with Crippen molar-refractivity contribution in [1.29, 1.82) is 0 Å². The molecule has 0 radical (unpaired) electrons. The second-order valence-corrected chi connectivity index (χ2v) is 7.33. The summed E-state index contributed by atoms with van der Waals surface area (Å²) in [5, 5.41) is 11.3. The van der Waals surface area contributed by atoms with E-state index in [1.54, 1.807) is 4.52 Å². The molecule has 1 aromatic carbocycles. The van der Waals surface area contributed by atoms with Crippen LogP contribution >= 0.6 is 0 Å². The molecule has 0 bridgehead atoms. The van der Waals surface area contributed by atoms with E-state index in [0.717, 1.165) is 30.7 Å². The Hall–Kier alpha value is -2.67. The summed E-state index contributed by atoms with van der Waals surface area (Å²) >= 11 is 0. The minimum absolute atomic E-state index is 0.0806. The molecule has 7 nitrogen and oxygen atoms in total. The summed E-state index contributed by atoms with van der Waals surface area (Å²) in [5.74, 6) is 0.960. The Labute approximate surface area is 159 Å². The van der Waals surface area contributed by atoms with E-state index in [9.17, 15) is 0 Å². The van der Waals surface area contributed by atoms with Crippen LogP contribution < -0.4 is 15.4 Å². The Morgan fingerprint density at radius 3 is 2.70 bits per heavy atom. The highest BCUT2D eigenvalue weighted by atomic mass is 16.5. The third-order valence-corrected chi connectivity index (χ3v) is 4.93. The maximum atomic E-state index is 6.05. The minimum atomic E-state index is 0.0806. The molecule has 2 N–H and O–H groups in total. The number of benzene rings is 1. The van der Waals surface area contributed by atoms with Gasteiger partial charge >= 0.3 is 6.01 Å². The highest BCUT2D eigenvalue weighted by Gasteiger charge is 2.21. The topological polar surface area (TPSA) is 76.4 Å². The first-order valence-corrected chi connectivity index (χ1v) is 9.56. The molecule has 0 amide bonds. The number of ether oxygens (including phenoxy) is 1. The lowest BCUT2D eigenvalue weighted by Gasteiger charge is -2.17. The first-order valence-electron chi connectivity index (χ1n) is 9.56. The van der Waals surface area contributed by atoms with E-state index in [2.05, 4.69) is 58.6 Å². The molecule has 3 heterocycles. The number of hydrogen-bond donors (Lipinski definition) is 2. The van der Waals surface area contributed by atoms with Crippen LogP contribution in [0, 0.1) is 0 Å². The van der Waals surface area contributed by atoms with Crippen molar-refractivity contribution in [3.05, 3.63) is 47.7 Å². The van der Waals surface area contributed by atoms with Gasteiger partial charge in [-0.1, -0.05) is 44.2 Å². The molecular weight excluding hydrogens is 340 g/mol. The van der Waals surface area contributed by atoms with E-state index in [1.165, 1.54) is 5.56 Å². The molecule has 0 saturated carbocycles. The zero-order valence-corrected chi connectivity index (χ0v) is 16.0. The molecule has 3 aromatic rings. The molecule has 1 aliphatic heterocycles. The van der Waals surface area contributed by atoms with Gasteiger partial charge in [0.2, 0.25) is 5.95 Å². The van der Waals surface area contributed by atoms with Crippen molar-refractivity contribution in [2.45, 2.75) is 45.3 Å². The van der Waals surface area contributed by atoms with Crippen LogP contribution in [-0.4, -0.2) is 38.8 Å². The van der Waals surface area contributed by atoms with Gasteiger partial charge in [-0.3, -0.25) is 0 Å². The maximum Gasteiger partial charge on any atom is 0.322 e. The number of nitrogens with zero attached hydrogens (tertiary/aromatic N) is 4. The summed E-state index contributed by atoms with van der Waals surface area (Å²) in [7, 11) is 0. The van der Waals surface area contributed by atoms with Crippen LogP contribution in [0.1, 0.15) is 50.3 Å². The van der Waals surface area contributed by atoms with Crippen LogP contribution in [0.25, 0.3) is 5.65 Å². The standard InChI is InChI=1S/C20H26N6O/c1-13(2)17-12-22-26-18(17)24-20(27-16-9-10-21-11-16)25-19(26)23-14(3)15-7-5-4-6-8-15/h4-8,12-14,16,21H,9-11H2,1-3H3,(H,23,24,25)/t14-,16+/m0/s1. The molecule has 2 aromatic heterocycles. The van der Waals surface area contributed by atoms with Gasteiger partial charge in [-0.05, 0) is 31.4 Å². The Bertz CT molecular complexity index is 901. The lowest BCUT2D eigenvalue weighted by atomic mass is 10.1. The maximum absolute atomic E-state index is 6.05. The number of anilines is 1.